The van der Waals surface area contributed by atoms with Gasteiger partial charge >= 0.3 is 6.03 Å². The Balaban J connectivity index is 0.00000121. The van der Waals surface area contributed by atoms with E-state index in [-0.39, 0.29) is 18.4 Å². The number of carbonyl (C=O) groups is 1. The Hall–Kier alpha value is -0.480. The van der Waals surface area contributed by atoms with Gasteiger partial charge in [0.15, 0.2) is 0 Å². The number of nitrogens with two attached hydrogens (primary N) is 1. The van der Waals surface area contributed by atoms with E-state index < -0.39 is 0 Å². The molecule has 2 amide bonds. The van der Waals surface area contributed by atoms with Crippen molar-refractivity contribution in [1.82, 2.24) is 10.2 Å². The van der Waals surface area contributed by atoms with E-state index in [0.29, 0.717) is 6.54 Å². The first-order valence-corrected chi connectivity index (χ1v) is 4.07. The Morgan fingerprint density at radius 1 is 1.58 bits per heavy atom. The first-order valence-electron chi connectivity index (χ1n) is 4.07. The average molecular weight is 194 g/mol. The van der Waals surface area contributed by atoms with Crippen molar-refractivity contribution in [1.29, 1.82) is 0 Å². The van der Waals surface area contributed by atoms with Gasteiger partial charge in [-0.3, -0.25) is 0 Å². The molecule has 1 rings (SSSR count). The van der Waals surface area contributed by atoms with Gasteiger partial charge in [0, 0.05) is 19.6 Å². The Morgan fingerprint density at radius 2 is 2.33 bits per heavy atom. The van der Waals surface area contributed by atoms with Crippen LogP contribution in [0.5, 0.6) is 0 Å². The molecule has 1 aliphatic heterocycles. The zero-order valence-corrected chi connectivity index (χ0v) is 7.90. The van der Waals surface area contributed by atoms with Crippen molar-refractivity contribution in [2.24, 2.45) is 5.73 Å². The van der Waals surface area contributed by atoms with Crippen LogP contribution >= 0.6 is 12.4 Å². The van der Waals surface area contributed by atoms with Gasteiger partial charge in [-0.15, -0.1) is 12.4 Å². The summed E-state index contributed by atoms with van der Waals surface area (Å²) < 4.78 is 0. The third-order valence-corrected chi connectivity index (χ3v) is 1.80. The fourth-order valence-corrected chi connectivity index (χ4v) is 1.17. The van der Waals surface area contributed by atoms with Crippen molar-refractivity contribution in [3.63, 3.8) is 0 Å². The molecule has 0 aromatic carbocycles. The largest absolute Gasteiger partial charge is 0.338 e. The van der Waals surface area contributed by atoms with Crippen molar-refractivity contribution in [2.45, 2.75) is 12.8 Å². The summed E-state index contributed by atoms with van der Waals surface area (Å²) in [4.78, 5) is 12.9. The van der Waals surface area contributed by atoms with Crippen LogP contribution in [-0.2, 0) is 0 Å². The van der Waals surface area contributed by atoms with Crippen molar-refractivity contribution < 1.29 is 4.79 Å². The van der Waals surface area contributed by atoms with E-state index in [9.17, 15) is 4.79 Å². The van der Waals surface area contributed by atoms with Crippen molar-refractivity contribution >= 4 is 18.4 Å². The number of urea groups is 1. The van der Waals surface area contributed by atoms with Crippen molar-refractivity contribution in [3.05, 3.63) is 0 Å². The fraction of sp³-hybridized carbons (Fsp3) is 0.857. The topological polar surface area (TPSA) is 58.4 Å². The van der Waals surface area contributed by atoms with E-state index in [2.05, 4.69) is 5.32 Å². The molecular weight excluding hydrogens is 178 g/mol. The van der Waals surface area contributed by atoms with Crippen LogP contribution in [0.25, 0.3) is 0 Å². The van der Waals surface area contributed by atoms with Gasteiger partial charge < -0.3 is 16.0 Å². The van der Waals surface area contributed by atoms with Crippen LogP contribution in [0.3, 0.4) is 0 Å². The van der Waals surface area contributed by atoms with E-state index in [4.69, 9.17) is 5.73 Å². The maximum absolute atomic E-state index is 11.1. The first-order chi connectivity index (χ1) is 5.34. The molecule has 5 heteroatoms. The summed E-state index contributed by atoms with van der Waals surface area (Å²) in [6.07, 6.45) is 1.95. The second kappa shape index (κ2) is 6.08. The lowest BCUT2D eigenvalue weighted by Crippen LogP contribution is -2.46. The molecule has 12 heavy (non-hydrogen) atoms. The summed E-state index contributed by atoms with van der Waals surface area (Å²) in [5.41, 5.74) is 5.33. The zero-order chi connectivity index (χ0) is 8.10. The zero-order valence-electron chi connectivity index (χ0n) is 7.08. The van der Waals surface area contributed by atoms with Crippen LogP contribution < -0.4 is 11.1 Å². The minimum atomic E-state index is 0. The van der Waals surface area contributed by atoms with Crippen LogP contribution in [0.15, 0.2) is 0 Å². The Bertz CT molecular complexity index is 143. The second-order valence-electron chi connectivity index (χ2n) is 2.71. The molecule has 1 fully saturated rings. The molecule has 1 saturated heterocycles. The van der Waals surface area contributed by atoms with E-state index >= 15 is 0 Å². The molecule has 0 aromatic rings. The Kier molecular flexibility index (Phi) is 5.84. The summed E-state index contributed by atoms with van der Waals surface area (Å²) in [5.74, 6) is 0. The smallest absolute Gasteiger partial charge is 0.317 e. The van der Waals surface area contributed by atoms with Crippen LogP contribution in [0.2, 0.25) is 0 Å². The lowest BCUT2D eigenvalue weighted by atomic mass is 10.3. The number of halogens is 1. The third-order valence-electron chi connectivity index (χ3n) is 1.80. The number of carbonyl (C=O) groups excluding carboxylic acids is 1. The molecule has 72 valence electrons. The molecule has 0 aliphatic carbocycles. The molecule has 0 bridgehead atoms. The number of rotatable bonds is 3. The molecule has 0 unspecified atom stereocenters. The highest BCUT2D eigenvalue weighted by atomic mass is 35.5. The highest BCUT2D eigenvalue weighted by Crippen LogP contribution is 1.98. The van der Waals surface area contributed by atoms with Crippen molar-refractivity contribution in [3.8, 4) is 0 Å². The summed E-state index contributed by atoms with van der Waals surface area (Å²) in [6.45, 7) is 3.15. The first kappa shape index (κ1) is 11.5. The van der Waals surface area contributed by atoms with Gasteiger partial charge in [-0.1, -0.05) is 0 Å². The molecule has 3 N–H and O–H groups in total. The predicted octanol–water partition coefficient (Wildman–Crippen LogP) is 0.172. The predicted molar refractivity (Wildman–Crippen MR) is 50.5 cm³/mol. The quantitative estimate of drug-likeness (QED) is 0.672. The maximum atomic E-state index is 11.1. The van der Waals surface area contributed by atoms with E-state index in [1.54, 1.807) is 0 Å². The van der Waals surface area contributed by atoms with Gasteiger partial charge in [0.25, 0.3) is 0 Å². The van der Waals surface area contributed by atoms with Crippen LogP contribution in [0.4, 0.5) is 4.79 Å². The van der Waals surface area contributed by atoms with Crippen LogP contribution in [0.1, 0.15) is 12.8 Å². The monoisotopic (exact) mass is 193 g/mol. The second-order valence-corrected chi connectivity index (χ2v) is 2.71. The molecular formula is C7H16ClN3O. The summed E-state index contributed by atoms with van der Waals surface area (Å²) in [7, 11) is 0. The Morgan fingerprint density at radius 3 is 2.92 bits per heavy atom. The lowest BCUT2D eigenvalue weighted by Gasteiger charge is -2.27. The summed E-state index contributed by atoms with van der Waals surface area (Å²) >= 11 is 0. The third kappa shape index (κ3) is 3.28. The number of nitrogens with zero attached hydrogens (tertiary/aromatic N) is 1. The molecule has 0 saturated carbocycles. The number of amides is 2. The van der Waals surface area contributed by atoms with Crippen LogP contribution in [0, 0.1) is 0 Å². The Labute approximate surface area is 78.9 Å². The van der Waals surface area contributed by atoms with E-state index in [1.165, 1.54) is 0 Å². The lowest BCUT2D eigenvalue weighted by molar-refractivity contribution is 0.186. The van der Waals surface area contributed by atoms with Crippen molar-refractivity contribution in [2.75, 3.05) is 26.2 Å². The molecule has 0 radical (unpaired) electrons. The number of hydrogen-bond acceptors (Lipinski definition) is 2. The minimum absolute atomic E-state index is 0. The highest BCUT2D eigenvalue weighted by molar-refractivity contribution is 5.85. The van der Waals surface area contributed by atoms with Gasteiger partial charge in [-0.05, 0) is 19.4 Å². The molecule has 1 aliphatic rings. The average Bonchev–Trinajstić information content (AvgIpc) is 2.03. The number of hydrogen-bond donors (Lipinski definition) is 2. The van der Waals surface area contributed by atoms with Gasteiger partial charge in [0.05, 0.1) is 0 Å². The minimum Gasteiger partial charge on any atom is -0.338 e. The van der Waals surface area contributed by atoms with E-state index in [1.807, 2.05) is 4.90 Å². The van der Waals surface area contributed by atoms with Gasteiger partial charge in [0.2, 0.25) is 0 Å². The fourth-order valence-electron chi connectivity index (χ4n) is 1.17. The van der Waals surface area contributed by atoms with Crippen LogP contribution in [-0.4, -0.2) is 37.1 Å². The number of nitrogens with one attached hydrogen (secondary N) is 1. The van der Waals surface area contributed by atoms with Gasteiger partial charge in [0.1, 0.15) is 0 Å². The SMILES string of the molecule is Cl.NCCCN1CCCNC1=O. The standard InChI is InChI=1S/C7H15N3O.ClH/c8-3-1-5-10-6-2-4-9-7(10)11;/h1-6,8H2,(H,9,11);1H. The summed E-state index contributed by atoms with van der Waals surface area (Å²) in [5, 5.41) is 2.79. The molecule has 4 nitrogen and oxygen atoms in total. The molecule has 0 spiro atoms. The molecule has 0 atom stereocenters. The van der Waals surface area contributed by atoms with E-state index in [0.717, 1.165) is 32.5 Å². The normalized spacial score (nSPS) is 16.8. The highest BCUT2D eigenvalue weighted by Gasteiger charge is 2.15. The maximum Gasteiger partial charge on any atom is 0.317 e. The summed E-state index contributed by atoms with van der Waals surface area (Å²) in [6, 6.07) is 0.0599. The molecule has 0 aromatic heterocycles. The van der Waals surface area contributed by atoms with Gasteiger partial charge in [-0.25, -0.2) is 4.79 Å². The van der Waals surface area contributed by atoms with Gasteiger partial charge in [-0.2, -0.15) is 0 Å². The molecule has 1 heterocycles.